The van der Waals surface area contributed by atoms with Gasteiger partial charge in [-0.2, -0.15) is 0 Å². The minimum Gasteiger partial charge on any atom is -0.461 e. The molecule has 5 nitrogen and oxygen atoms in total. The van der Waals surface area contributed by atoms with Crippen molar-refractivity contribution in [3.8, 4) is 0 Å². The molecule has 1 saturated carbocycles. The number of hydrogen-bond donors (Lipinski definition) is 0. The Balaban J connectivity index is 1.50. The van der Waals surface area contributed by atoms with Crippen LogP contribution in [0.15, 0.2) is 41.0 Å². The number of aliphatic imine (C=N–C) groups is 1. The largest absolute Gasteiger partial charge is 0.461 e. The third-order valence-corrected chi connectivity index (χ3v) is 5.35. The molecule has 1 aliphatic heterocycles. The summed E-state index contributed by atoms with van der Waals surface area (Å²) in [4.78, 5) is 39.4. The van der Waals surface area contributed by atoms with Gasteiger partial charge in [-0.25, -0.2) is 0 Å². The van der Waals surface area contributed by atoms with Crippen LogP contribution in [-0.2, 0) is 25.5 Å². The van der Waals surface area contributed by atoms with E-state index in [-0.39, 0.29) is 30.2 Å². The first-order valence-corrected chi connectivity index (χ1v) is 9.47. The fourth-order valence-corrected chi connectivity index (χ4v) is 3.53. The molecule has 2 atom stereocenters. The lowest BCUT2D eigenvalue weighted by Gasteiger charge is -2.13. The van der Waals surface area contributed by atoms with Crippen molar-refractivity contribution in [1.82, 2.24) is 0 Å². The van der Waals surface area contributed by atoms with Gasteiger partial charge in [0.05, 0.1) is 11.6 Å². The number of Topliss-reactive ketones (excluding diaryl/α,β-unsaturated/α-hetero) is 2. The van der Waals surface area contributed by atoms with Gasteiger partial charge in [0, 0.05) is 31.9 Å². The maximum Gasteiger partial charge on any atom is 0.313 e. The fourth-order valence-electron chi connectivity index (χ4n) is 3.53. The summed E-state index contributed by atoms with van der Waals surface area (Å²) < 4.78 is 5.39. The van der Waals surface area contributed by atoms with Gasteiger partial charge in [-0.1, -0.05) is 24.3 Å². The Hall–Kier alpha value is -2.56. The molecule has 0 N–H and O–H groups in total. The van der Waals surface area contributed by atoms with Crippen molar-refractivity contribution in [1.29, 1.82) is 0 Å². The number of nitrogens with zero attached hydrogens (tertiary/aromatic N) is 1. The zero-order valence-electron chi connectivity index (χ0n) is 15.9. The van der Waals surface area contributed by atoms with Gasteiger partial charge < -0.3 is 4.74 Å². The second-order valence-electron chi connectivity index (χ2n) is 7.43. The number of carbonyl (C=O) groups is 3. The Bertz CT molecular complexity index is 804. The van der Waals surface area contributed by atoms with E-state index in [0.29, 0.717) is 24.3 Å². The first-order chi connectivity index (χ1) is 12.9. The van der Waals surface area contributed by atoms with Crippen molar-refractivity contribution in [3.05, 3.63) is 47.2 Å². The highest BCUT2D eigenvalue weighted by Crippen LogP contribution is 2.26. The van der Waals surface area contributed by atoms with Gasteiger partial charge in [0.25, 0.3) is 0 Å². The van der Waals surface area contributed by atoms with Crippen LogP contribution in [0.5, 0.6) is 0 Å². The lowest BCUT2D eigenvalue weighted by molar-refractivity contribution is -0.144. The Morgan fingerprint density at radius 2 is 2.00 bits per heavy atom. The molecule has 5 heteroatoms. The van der Waals surface area contributed by atoms with Crippen LogP contribution in [0.2, 0.25) is 0 Å². The van der Waals surface area contributed by atoms with E-state index in [1.54, 1.807) is 6.20 Å². The summed E-state index contributed by atoms with van der Waals surface area (Å²) in [5.74, 6) is -0.206. The number of carbonyl (C=O) groups excluding carboxylic acids is 3. The quantitative estimate of drug-likeness (QED) is 0.691. The van der Waals surface area contributed by atoms with Crippen molar-refractivity contribution in [2.75, 3.05) is 6.61 Å². The van der Waals surface area contributed by atoms with Crippen LogP contribution < -0.4 is 0 Å². The van der Waals surface area contributed by atoms with Gasteiger partial charge in [0.1, 0.15) is 12.4 Å². The van der Waals surface area contributed by atoms with Crippen molar-refractivity contribution >= 4 is 23.2 Å². The van der Waals surface area contributed by atoms with Crippen LogP contribution in [-0.4, -0.2) is 29.9 Å². The molecule has 0 bridgehead atoms. The average Bonchev–Trinajstić information content (AvgIpc) is 3.29. The molecule has 1 aromatic carbocycles. The molecule has 27 heavy (non-hydrogen) atoms. The van der Waals surface area contributed by atoms with E-state index >= 15 is 0 Å². The molecular formula is C22H25NO4. The van der Waals surface area contributed by atoms with Gasteiger partial charge >= 0.3 is 5.97 Å². The number of ketones is 2. The maximum atomic E-state index is 12.3. The average molecular weight is 367 g/mol. The van der Waals surface area contributed by atoms with Crippen molar-refractivity contribution < 1.29 is 19.1 Å². The van der Waals surface area contributed by atoms with E-state index < -0.39 is 0 Å². The predicted octanol–water partition coefficient (Wildman–Crippen LogP) is 3.56. The van der Waals surface area contributed by atoms with Gasteiger partial charge in [-0.3, -0.25) is 19.4 Å². The summed E-state index contributed by atoms with van der Waals surface area (Å²) in [6.45, 7) is 3.46. The van der Waals surface area contributed by atoms with Crippen LogP contribution in [0, 0.1) is 5.92 Å². The lowest BCUT2D eigenvalue weighted by Crippen LogP contribution is -2.16. The van der Waals surface area contributed by atoms with Crippen LogP contribution in [0.25, 0.3) is 0 Å². The number of benzene rings is 1. The van der Waals surface area contributed by atoms with Crippen molar-refractivity contribution in [2.24, 2.45) is 10.9 Å². The van der Waals surface area contributed by atoms with Crippen LogP contribution in [0.1, 0.15) is 56.6 Å². The third kappa shape index (κ3) is 4.79. The highest BCUT2D eigenvalue weighted by molar-refractivity contribution is 6.40. The first-order valence-electron chi connectivity index (χ1n) is 9.47. The van der Waals surface area contributed by atoms with E-state index in [1.807, 2.05) is 31.2 Å². The summed E-state index contributed by atoms with van der Waals surface area (Å²) in [5, 5.41) is 0. The van der Waals surface area contributed by atoms with Crippen LogP contribution in [0.3, 0.4) is 0 Å². The molecule has 2 aliphatic rings. The van der Waals surface area contributed by atoms with Crippen molar-refractivity contribution in [3.63, 3.8) is 0 Å². The van der Waals surface area contributed by atoms with E-state index in [2.05, 4.69) is 4.99 Å². The second-order valence-corrected chi connectivity index (χ2v) is 7.43. The molecule has 0 spiro atoms. The van der Waals surface area contributed by atoms with Gasteiger partial charge in [-0.05, 0) is 42.9 Å². The van der Waals surface area contributed by atoms with E-state index in [1.165, 1.54) is 6.92 Å². The van der Waals surface area contributed by atoms with Crippen molar-refractivity contribution in [2.45, 2.75) is 51.9 Å². The first kappa shape index (κ1) is 19.2. The lowest BCUT2D eigenvalue weighted by atomic mass is 9.94. The van der Waals surface area contributed by atoms with E-state index in [9.17, 15) is 14.4 Å². The minimum atomic E-state index is -0.373. The van der Waals surface area contributed by atoms with Crippen LogP contribution in [0.4, 0.5) is 0 Å². The monoisotopic (exact) mass is 367 g/mol. The van der Waals surface area contributed by atoms with Crippen LogP contribution >= 0.6 is 0 Å². The van der Waals surface area contributed by atoms with E-state index in [0.717, 1.165) is 36.0 Å². The predicted molar refractivity (Wildman–Crippen MR) is 103 cm³/mol. The molecule has 1 aromatic rings. The number of ether oxygens (including phenoxy) is 1. The molecule has 1 heterocycles. The summed E-state index contributed by atoms with van der Waals surface area (Å²) in [6, 6.07) is 7.87. The summed E-state index contributed by atoms with van der Waals surface area (Å²) in [7, 11) is 0. The Labute approximate surface area is 159 Å². The van der Waals surface area contributed by atoms with Gasteiger partial charge in [-0.15, -0.1) is 0 Å². The molecule has 1 aliphatic carbocycles. The fraction of sp³-hybridized carbons (Fsp3) is 0.455. The molecule has 0 radical (unpaired) electrons. The zero-order valence-corrected chi connectivity index (χ0v) is 15.9. The molecule has 0 amide bonds. The highest BCUT2D eigenvalue weighted by atomic mass is 16.5. The molecule has 0 unspecified atom stereocenters. The second kappa shape index (κ2) is 8.42. The maximum absolute atomic E-state index is 12.3. The Morgan fingerprint density at radius 3 is 2.59 bits per heavy atom. The Morgan fingerprint density at radius 1 is 1.26 bits per heavy atom. The highest BCUT2D eigenvalue weighted by Gasteiger charge is 2.24. The standard InChI is InChI=1S/C22H25NO4/c1-14(22(26)27-13-17-11-20(15(2)24)23-12-17)18-8-6-16(7-9-18)10-19-4-3-5-21(19)25/h6-9,12,14,19H,3-5,10-11,13H2,1-2H3/t14-,19+/m1/s1. The van der Waals surface area contributed by atoms with E-state index in [4.69, 9.17) is 4.74 Å². The smallest absolute Gasteiger partial charge is 0.313 e. The molecule has 142 valence electrons. The number of esters is 1. The number of rotatable bonds is 7. The number of hydrogen-bond acceptors (Lipinski definition) is 5. The Kier molecular flexibility index (Phi) is 5.99. The molecule has 1 fully saturated rings. The molecule has 0 saturated heterocycles. The van der Waals surface area contributed by atoms with Gasteiger partial charge in [0.2, 0.25) is 0 Å². The topological polar surface area (TPSA) is 72.8 Å². The summed E-state index contributed by atoms with van der Waals surface area (Å²) in [6.07, 6.45) is 5.53. The molecule has 0 aromatic heterocycles. The zero-order chi connectivity index (χ0) is 19.4. The summed E-state index contributed by atoms with van der Waals surface area (Å²) in [5.41, 5.74) is 3.36. The normalized spacial score (nSPS) is 20.2. The molecule has 3 rings (SSSR count). The molecular weight excluding hydrogens is 342 g/mol. The SMILES string of the molecule is CC(=O)C1=NC=C(COC(=O)[C@H](C)c2ccc(C[C@@H]3CCCC3=O)cc2)C1. The third-order valence-electron chi connectivity index (χ3n) is 5.35. The minimum absolute atomic E-state index is 0.0552. The summed E-state index contributed by atoms with van der Waals surface area (Å²) >= 11 is 0. The van der Waals surface area contributed by atoms with Gasteiger partial charge in [0.15, 0.2) is 5.78 Å².